The van der Waals surface area contributed by atoms with E-state index in [1.165, 1.54) is 0 Å². The van der Waals surface area contributed by atoms with Gasteiger partial charge in [-0.1, -0.05) is 29.3 Å². The molecule has 0 aliphatic heterocycles. The smallest absolute Gasteiger partial charge is 0.339 e. The van der Waals surface area contributed by atoms with Gasteiger partial charge in [-0.25, -0.2) is 4.79 Å². The third-order valence-electron chi connectivity index (χ3n) is 4.94. The van der Waals surface area contributed by atoms with Gasteiger partial charge in [-0.05, 0) is 57.0 Å². The Kier molecular flexibility index (Phi) is 7.06. The molecular formula is C23H22Cl2O5. The lowest BCUT2D eigenvalue weighted by Crippen LogP contribution is -2.14. The monoisotopic (exact) mass is 448 g/mol. The number of fused-ring (bicyclic) bond motifs is 1. The van der Waals surface area contributed by atoms with E-state index < -0.39 is 5.63 Å². The zero-order valence-corrected chi connectivity index (χ0v) is 18.5. The maximum absolute atomic E-state index is 12.6. The minimum atomic E-state index is -0.453. The number of hydrogen-bond acceptors (Lipinski definition) is 5. The van der Waals surface area contributed by atoms with Crippen LogP contribution in [0.4, 0.5) is 0 Å². The van der Waals surface area contributed by atoms with Crippen molar-refractivity contribution in [2.24, 2.45) is 0 Å². The van der Waals surface area contributed by atoms with Crippen LogP contribution in [0.3, 0.4) is 0 Å². The summed E-state index contributed by atoms with van der Waals surface area (Å²) in [6.07, 6.45) is 0.405. The number of benzene rings is 2. The summed E-state index contributed by atoms with van der Waals surface area (Å²) < 4.78 is 16.5. The van der Waals surface area contributed by atoms with Crippen molar-refractivity contribution in [1.29, 1.82) is 0 Å². The Hall–Kier alpha value is -2.50. The minimum absolute atomic E-state index is 0.132. The Balaban J connectivity index is 1.87. The van der Waals surface area contributed by atoms with E-state index in [1.807, 2.05) is 26.0 Å². The van der Waals surface area contributed by atoms with E-state index in [4.69, 9.17) is 37.1 Å². The molecule has 0 aliphatic rings. The van der Waals surface area contributed by atoms with Crippen LogP contribution < -0.4 is 10.4 Å². The predicted octanol–water partition coefficient (Wildman–Crippen LogP) is 5.79. The zero-order chi connectivity index (χ0) is 21.8. The van der Waals surface area contributed by atoms with E-state index in [0.29, 0.717) is 33.5 Å². The van der Waals surface area contributed by atoms with Crippen LogP contribution in [0.5, 0.6) is 5.75 Å². The van der Waals surface area contributed by atoms with Crippen LogP contribution in [0, 0.1) is 13.8 Å². The average Bonchev–Trinajstić information content (AvgIpc) is 2.69. The van der Waals surface area contributed by atoms with Crippen molar-refractivity contribution in [2.45, 2.75) is 40.2 Å². The van der Waals surface area contributed by atoms with E-state index >= 15 is 0 Å². The highest BCUT2D eigenvalue weighted by Gasteiger charge is 2.17. The molecule has 7 heteroatoms. The maximum atomic E-state index is 12.6. The molecule has 5 nitrogen and oxygen atoms in total. The van der Waals surface area contributed by atoms with Gasteiger partial charge in [-0.15, -0.1) is 0 Å². The second kappa shape index (κ2) is 9.54. The van der Waals surface area contributed by atoms with Gasteiger partial charge in [0.15, 0.2) is 0 Å². The first kappa shape index (κ1) is 22.2. The van der Waals surface area contributed by atoms with Gasteiger partial charge in [0.1, 0.15) is 17.9 Å². The van der Waals surface area contributed by atoms with Crippen molar-refractivity contribution in [3.63, 3.8) is 0 Å². The van der Waals surface area contributed by atoms with Crippen LogP contribution in [0.1, 0.15) is 35.6 Å². The summed E-state index contributed by atoms with van der Waals surface area (Å²) in [5.74, 6) is 0.257. The van der Waals surface area contributed by atoms with Crippen LogP contribution >= 0.6 is 23.2 Å². The molecule has 0 saturated carbocycles. The van der Waals surface area contributed by atoms with E-state index in [1.54, 1.807) is 25.1 Å². The lowest BCUT2D eigenvalue weighted by atomic mass is 10.0. The Morgan fingerprint density at radius 3 is 2.57 bits per heavy atom. The van der Waals surface area contributed by atoms with Crippen molar-refractivity contribution in [2.75, 3.05) is 6.61 Å². The summed E-state index contributed by atoms with van der Waals surface area (Å²) in [5, 5.41) is 1.89. The summed E-state index contributed by atoms with van der Waals surface area (Å²) in [7, 11) is 0. The van der Waals surface area contributed by atoms with Gasteiger partial charge in [0.2, 0.25) is 0 Å². The molecule has 30 heavy (non-hydrogen) atoms. The molecule has 0 unspecified atom stereocenters. The second-order valence-electron chi connectivity index (χ2n) is 6.89. The van der Waals surface area contributed by atoms with Crippen LogP contribution in [-0.2, 0) is 22.6 Å². The number of ether oxygens (including phenoxy) is 2. The van der Waals surface area contributed by atoms with E-state index in [0.717, 1.165) is 22.1 Å². The fourth-order valence-corrected chi connectivity index (χ4v) is 3.73. The average molecular weight is 449 g/mol. The van der Waals surface area contributed by atoms with Gasteiger partial charge < -0.3 is 13.9 Å². The molecule has 0 fully saturated rings. The fourth-order valence-electron chi connectivity index (χ4n) is 3.27. The van der Waals surface area contributed by atoms with E-state index in [9.17, 15) is 9.59 Å². The molecule has 3 rings (SSSR count). The van der Waals surface area contributed by atoms with Crippen molar-refractivity contribution >= 4 is 40.1 Å². The SMILES string of the molecule is CCOC(=O)CCc1c(C)c2ccc(OCc3ccc(Cl)cc3Cl)c(C)c2oc1=O. The molecule has 0 radical (unpaired) electrons. The van der Waals surface area contributed by atoms with Gasteiger partial charge in [0.25, 0.3) is 0 Å². The number of aryl methyl sites for hydroxylation is 2. The Morgan fingerprint density at radius 1 is 1.10 bits per heavy atom. The summed E-state index contributed by atoms with van der Waals surface area (Å²) in [4.78, 5) is 24.2. The van der Waals surface area contributed by atoms with Gasteiger partial charge in [0.05, 0.1) is 6.61 Å². The first-order valence-corrected chi connectivity index (χ1v) is 10.4. The molecule has 158 valence electrons. The van der Waals surface area contributed by atoms with Crippen molar-refractivity contribution in [1.82, 2.24) is 0 Å². The number of esters is 1. The normalized spacial score (nSPS) is 11.0. The number of halogens is 2. The summed E-state index contributed by atoms with van der Waals surface area (Å²) in [6.45, 7) is 6.00. The summed E-state index contributed by atoms with van der Waals surface area (Å²) in [5.41, 5.74) is 2.81. The number of carbonyl (C=O) groups excluding carboxylic acids is 1. The molecule has 0 amide bonds. The standard InChI is InChI=1S/C23H22Cl2O5/c1-4-28-21(26)10-8-18-13(2)17-7-9-20(14(3)22(17)30-23(18)27)29-12-15-5-6-16(24)11-19(15)25/h5-7,9,11H,4,8,10,12H2,1-3H3. The molecule has 0 spiro atoms. The summed E-state index contributed by atoms with van der Waals surface area (Å²) in [6, 6.07) is 8.91. The highest BCUT2D eigenvalue weighted by Crippen LogP contribution is 2.31. The fraction of sp³-hybridized carbons (Fsp3) is 0.304. The number of rotatable bonds is 7. The first-order chi connectivity index (χ1) is 14.3. The lowest BCUT2D eigenvalue weighted by molar-refractivity contribution is -0.143. The molecular weight excluding hydrogens is 427 g/mol. The van der Waals surface area contributed by atoms with Crippen LogP contribution in [0.2, 0.25) is 10.0 Å². The van der Waals surface area contributed by atoms with Gasteiger partial charge >= 0.3 is 11.6 Å². The molecule has 0 saturated heterocycles. The highest BCUT2D eigenvalue weighted by molar-refractivity contribution is 6.35. The van der Waals surface area contributed by atoms with Crippen LogP contribution in [0.25, 0.3) is 11.0 Å². The molecule has 0 aliphatic carbocycles. The zero-order valence-electron chi connectivity index (χ0n) is 17.0. The largest absolute Gasteiger partial charge is 0.488 e. The molecule has 1 aromatic heterocycles. The predicted molar refractivity (Wildman–Crippen MR) is 118 cm³/mol. The van der Waals surface area contributed by atoms with Crippen molar-refractivity contribution < 1.29 is 18.7 Å². The molecule has 1 heterocycles. The first-order valence-electron chi connectivity index (χ1n) is 9.60. The molecule has 0 N–H and O–H groups in total. The van der Waals surface area contributed by atoms with Crippen molar-refractivity contribution in [3.05, 3.63) is 73.1 Å². The Bertz CT molecular complexity index is 1150. The second-order valence-corrected chi connectivity index (χ2v) is 7.73. The molecule has 3 aromatic rings. The third-order valence-corrected chi connectivity index (χ3v) is 5.52. The topological polar surface area (TPSA) is 65.7 Å². The van der Waals surface area contributed by atoms with Crippen LogP contribution in [0.15, 0.2) is 39.5 Å². The quantitative estimate of drug-likeness (QED) is 0.337. The van der Waals surface area contributed by atoms with E-state index in [-0.39, 0.29) is 25.4 Å². The van der Waals surface area contributed by atoms with Gasteiger partial charge in [-0.3, -0.25) is 4.79 Å². The third kappa shape index (κ3) is 4.79. The van der Waals surface area contributed by atoms with E-state index in [2.05, 4.69) is 0 Å². The van der Waals surface area contributed by atoms with Crippen molar-refractivity contribution in [3.8, 4) is 5.75 Å². The Morgan fingerprint density at radius 2 is 1.87 bits per heavy atom. The molecule has 0 atom stereocenters. The number of carbonyl (C=O) groups is 1. The van der Waals surface area contributed by atoms with Gasteiger partial charge in [0, 0.05) is 38.5 Å². The summed E-state index contributed by atoms with van der Waals surface area (Å²) >= 11 is 12.1. The van der Waals surface area contributed by atoms with Gasteiger partial charge in [-0.2, -0.15) is 0 Å². The Labute approximate surface area is 184 Å². The molecule has 0 bridgehead atoms. The maximum Gasteiger partial charge on any atom is 0.339 e. The van der Waals surface area contributed by atoms with Crippen LogP contribution in [-0.4, -0.2) is 12.6 Å². The lowest BCUT2D eigenvalue weighted by Gasteiger charge is -2.14. The minimum Gasteiger partial charge on any atom is -0.488 e. The molecule has 2 aromatic carbocycles. The highest BCUT2D eigenvalue weighted by atomic mass is 35.5. The number of hydrogen-bond donors (Lipinski definition) is 0.